The molecular weight excluding hydrogens is 475 g/mol. The maximum absolute atomic E-state index is 13.5. The molecule has 1 aromatic heterocycles. The van der Waals surface area contributed by atoms with Crippen molar-refractivity contribution in [3.8, 4) is 0 Å². The summed E-state index contributed by atoms with van der Waals surface area (Å²) in [7, 11) is 0. The van der Waals surface area contributed by atoms with Crippen LogP contribution in [0.5, 0.6) is 0 Å². The molecule has 0 radical (unpaired) electrons. The highest BCUT2D eigenvalue weighted by Crippen LogP contribution is 2.39. The Kier molecular flexibility index (Phi) is 8.60. The third-order valence-corrected chi connectivity index (χ3v) is 6.67. The highest BCUT2D eigenvalue weighted by molar-refractivity contribution is 5.95. The third kappa shape index (κ3) is 6.54. The number of aromatic nitrogens is 1. The smallest absolute Gasteiger partial charge is 0.421 e. The molecule has 1 heterocycles. The van der Waals surface area contributed by atoms with Crippen LogP contribution < -0.4 is 5.73 Å². The molecule has 2 aromatic rings. The Morgan fingerprint density at radius 1 is 1.17 bits per heavy atom. The Morgan fingerprint density at radius 2 is 1.83 bits per heavy atom. The molecule has 10 heteroatoms. The highest BCUT2D eigenvalue weighted by atomic mass is 19.4. The number of primary amides is 1. The highest BCUT2D eigenvalue weighted by Gasteiger charge is 2.51. The van der Waals surface area contributed by atoms with Crippen LogP contribution in [0.15, 0.2) is 48.7 Å². The van der Waals surface area contributed by atoms with Crippen molar-refractivity contribution in [3.63, 3.8) is 0 Å². The number of amides is 2. The lowest BCUT2D eigenvalue weighted by Gasteiger charge is -2.33. The van der Waals surface area contributed by atoms with E-state index in [1.54, 1.807) is 12.3 Å². The van der Waals surface area contributed by atoms with Crippen LogP contribution in [-0.4, -0.2) is 51.9 Å². The average molecular weight is 508 g/mol. The van der Waals surface area contributed by atoms with Crippen molar-refractivity contribution in [2.75, 3.05) is 6.61 Å². The number of hydrogen-bond acceptors (Lipinski definition) is 5. The number of nitrogens with zero attached hydrogens (tertiary/aromatic N) is 2. The van der Waals surface area contributed by atoms with Crippen LogP contribution in [-0.2, 0) is 10.3 Å². The summed E-state index contributed by atoms with van der Waals surface area (Å²) in [5.41, 5.74) is 2.83. The zero-order chi connectivity index (χ0) is 26.5. The van der Waals surface area contributed by atoms with Crippen molar-refractivity contribution >= 4 is 12.0 Å². The molecule has 1 aliphatic carbocycles. The summed E-state index contributed by atoms with van der Waals surface area (Å²) in [6.45, 7) is 2.74. The molecule has 0 bridgehead atoms. The molecule has 36 heavy (non-hydrogen) atoms. The lowest BCUT2D eigenvalue weighted by atomic mass is 9.93. The molecule has 0 spiro atoms. The van der Waals surface area contributed by atoms with Gasteiger partial charge in [0, 0.05) is 35.5 Å². The van der Waals surface area contributed by atoms with E-state index in [0.29, 0.717) is 26.2 Å². The van der Waals surface area contributed by atoms with Gasteiger partial charge < -0.3 is 20.5 Å². The zero-order valence-corrected chi connectivity index (χ0v) is 20.4. The topological polar surface area (TPSA) is 106 Å². The van der Waals surface area contributed by atoms with Crippen LogP contribution in [0.1, 0.15) is 73.5 Å². The van der Waals surface area contributed by atoms with Gasteiger partial charge in [-0.2, -0.15) is 13.2 Å². The summed E-state index contributed by atoms with van der Waals surface area (Å²) < 4.78 is 44.6. The second-order valence-electron chi connectivity index (χ2n) is 9.31. The number of hydrogen-bond donors (Lipinski definition) is 2. The predicted molar refractivity (Wildman–Crippen MR) is 127 cm³/mol. The molecule has 2 unspecified atom stereocenters. The third-order valence-electron chi connectivity index (χ3n) is 6.67. The first-order valence-electron chi connectivity index (χ1n) is 12.0. The minimum atomic E-state index is -4.84. The van der Waals surface area contributed by atoms with Crippen LogP contribution in [0.25, 0.3) is 0 Å². The molecule has 7 nitrogen and oxygen atoms in total. The molecule has 196 valence electrons. The summed E-state index contributed by atoms with van der Waals surface area (Å²) >= 11 is 0. The molecule has 0 aliphatic heterocycles. The van der Waals surface area contributed by atoms with Gasteiger partial charge in [0.2, 0.25) is 0 Å². The Labute approximate surface area is 208 Å². The first kappa shape index (κ1) is 27.4. The van der Waals surface area contributed by atoms with Gasteiger partial charge in [0.1, 0.15) is 6.61 Å². The maximum Gasteiger partial charge on any atom is 0.421 e. The second-order valence-corrected chi connectivity index (χ2v) is 9.31. The van der Waals surface area contributed by atoms with E-state index in [-0.39, 0.29) is 41.6 Å². The number of halogens is 3. The molecule has 2 amide bonds. The number of benzene rings is 1. The van der Waals surface area contributed by atoms with E-state index >= 15 is 0 Å². The summed E-state index contributed by atoms with van der Waals surface area (Å²) in [5, 5.41) is 9.91. The Hall–Kier alpha value is -3.14. The minimum Gasteiger partial charge on any atom is -0.449 e. The van der Waals surface area contributed by atoms with Crippen LogP contribution in [0, 0.1) is 0 Å². The van der Waals surface area contributed by atoms with Gasteiger partial charge in [0.25, 0.3) is 5.91 Å². The van der Waals surface area contributed by atoms with Crippen molar-refractivity contribution < 1.29 is 32.6 Å². The van der Waals surface area contributed by atoms with E-state index < -0.39 is 17.9 Å². The number of aliphatic hydroxyl groups is 1. The average Bonchev–Trinajstić information content (AvgIpc) is 3.68. The largest absolute Gasteiger partial charge is 0.449 e. The lowest BCUT2D eigenvalue weighted by molar-refractivity contribution is -0.258. The standard InChI is InChI=1S/C26H32F3N3O4/c1-3-20(12-9-18(16-36-24(30)34)22-6-4-5-15-31-22)32(21-13-14-21)23(33)17-7-10-19(11-8-17)25(2,35)26(27,28)29/h4-8,10-11,15,18,20-21,35H,3,9,12-14,16H2,1-2H3,(H2,30,34)/t18?,20?,25-/m0/s1. The van der Waals surface area contributed by atoms with E-state index in [9.17, 15) is 27.9 Å². The fourth-order valence-corrected chi connectivity index (χ4v) is 4.28. The van der Waals surface area contributed by atoms with E-state index in [2.05, 4.69) is 4.98 Å². The fourth-order valence-electron chi connectivity index (χ4n) is 4.28. The van der Waals surface area contributed by atoms with E-state index in [4.69, 9.17) is 10.5 Å². The molecule has 3 N–H and O–H groups in total. The number of pyridine rings is 1. The number of alkyl halides is 3. The second kappa shape index (κ2) is 11.3. The normalized spacial score (nSPS) is 17.1. The molecule has 1 fully saturated rings. The van der Waals surface area contributed by atoms with Gasteiger partial charge in [-0.3, -0.25) is 9.78 Å². The van der Waals surface area contributed by atoms with Crippen molar-refractivity contribution in [1.82, 2.24) is 9.88 Å². The summed E-state index contributed by atoms with van der Waals surface area (Å²) in [6.07, 6.45) is -0.456. The lowest BCUT2D eigenvalue weighted by Crippen LogP contribution is -2.42. The SMILES string of the molecule is CCC(CCC(COC(N)=O)c1ccccn1)N(C(=O)c1ccc([C@](C)(O)C(F)(F)F)cc1)C1CC1. The molecule has 3 rings (SSSR count). The van der Waals surface area contributed by atoms with Gasteiger partial charge in [-0.25, -0.2) is 4.79 Å². The van der Waals surface area contributed by atoms with Crippen LogP contribution >= 0.6 is 0 Å². The molecule has 0 saturated heterocycles. The molecular formula is C26H32F3N3O4. The summed E-state index contributed by atoms with van der Waals surface area (Å²) in [4.78, 5) is 30.8. The first-order valence-corrected chi connectivity index (χ1v) is 12.0. The van der Waals surface area contributed by atoms with Crippen LogP contribution in [0.3, 0.4) is 0 Å². The molecule has 3 atom stereocenters. The zero-order valence-electron chi connectivity index (χ0n) is 20.4. The van der Waals surface area contributed by atoms with Crippen LogP contribution in [0.2, 0.25) is 0 Å². The Morgan fingerprint density at radius 3 is 2.33 bits per heavy atom. The monoisotopic (exact) mass is 507 g/mol. The van der Waals surface area contributed by atoms with Crippen molar-refractivity contribution in [2.45, 2.75) is 75.7 Å². The van der Waals surface area contributed by atoms with Gasteiger partial charge in [0.05, 0.1) is 0 Å². The number of rotatable bonds is 11. The van der Waals surface area contributed by atoms with E-state index in [1.807, 2.05) is 24.0 Å². The number of nitrogens with two attached hydrogens (primary N) is 1. The number of carbonyl (C=O) groups is 2. The predicted octanol–water partition coefficient (Wildman–Crippen LogP) is 4.89. The molecule has 1 aliphatic rings. The Balaban J connectivity index is 1.76. The van der Waals surface area contributed by atoms with Crippen molar-refractivity contribution in [3.05, 3.63) is 65.5 Å². The first-order chi connectivity index (χ1) is 17.0. The van der Waals surface area contributed by atoms with Crippen LogP contribution in [0.4, 0.5) is 18.0 Å². The Bertz CT molecular complexity index is 1020. The van der Waals surface area contributed by atoms with E-state index in [0.717, 1.165) is 30.7 Å². The van der Waals surface area contributed by atoms with Crippen molar-refractivity contribution in [1.29, 1.82) is 0 Å². The number of carbonyl (C=O) groups excluding carboxylic acids is 2. The molecule has 1 saturated carbocycles. The number of ether oxygens (including phenoxy) is 1. The minimum absolute atomic E-state index is 0.0654. The van der Waals surface area contributed by atoms with Gasteiger partial charge in [0.15, 0.2) is 5.60 Å². The summed E-state index contributed by atoms with van der Waals surface area (Å²) in [5.74, 6) is -0.460. The van der Waals surface area contributed by atoms with E-state index in [1.165, 1.54) is 12.1 Å². The van der Waals surface area contributed by atoms with Gasteiger partial charge in [-0.1, -0.05) is 25.1 Å². The quantitative estimate of drug-likeness (QED) is 0.450. The van der Waals surface area contributed by atoms with Gasteiger partial charge in [-0.15, -0.1) is 0 Å². The summed E-state index contributed by atoms with van der Waals surface area (Å²) in [6, 6.07) is 10.4. The van der Waals surface area contributed by atoms with Gasteiger partial charge >= 0.3 is 12.3 Å². The maximum atomic E-state index is 13.5. The fraction of sp³-hybridized carbons (Fsp3) is 0.500. The van der Waals surface area contributed by atoms with Gasteiger partial charge in [-0.05, 0) is 68.9 Å². The van der Waals surface area contributed by atoms with Crippen molar-refractivity contribution in [2.24, 2.45) is 5.73 Å². The molecule has 1 aromatic carbocycles.